The van der Waals surface area contributed by atoms with Gasteiger partial charge in [-0.3, -0.25) is 5.43 Å². The van der Waals surface area contributed by atoms with Crippen LogP contribution >= 0.6 is 12.2 Å². The van der Waals surface area contributed by atoms with Crippen LogP contribution < -0.4 is 16.0 Å². The van der Waals surface area contributed by atoms with Crippen molar-refractivity contribution in [1.29, 1.82) is 0 Å². The summed E-state index contributed by atoms with van der Waals surface area (Å²) in [5, 5.41) is 0.0595. The highest BCUT2D eigenvalue weighted by Gasteiger charge is 2.00. The summed E-state index contributed by atoms with van der Waals surface area (Å²) in [6, 6.07) is 8.93. The first-order valence-corrected chi connectivity index (χ1v) is 5.04. The molecule has 13 heavy (non-hydrogen) atoms. The number of thiocarbonyl (C=S) groups is 1. The molecule has 6 heteroatoms. The second-order valence-corrected chi connectivity index (χ2v) is 3.83. The first kappa shape index (κ1) is 10.1. The summed E-state index contributed by atoms with van der Waals surface area (Å²) >= 11 is 4.53. The van der Waals surface area contributed by atoms with Gasteiger partial charge in [-0.1, -0.05) is 18.2 Å². The quantitative estimate of drug-likeness (QED) is 0.492. The van der Waals surface area contributed by atoms with Gasteiger partial charge in [0.15, 0.2) is 5.11 Å². The summed E-state index contributed by atoms with van der Waals surface area (Å²) in [6.07, 6.45) is 0. The van der Waals surface area contributed by atoms with Crippen LogP contribution in [0, 0.1) is 0 Å². The summed E-state index contributed by atoms with van der Waals surface area (Å²) in [5.41, 5.74) is 7.55. The lowest BCUT2D eigenvalue weighted by atomic mass is 10.4. The van der Waals surface area contributed by atoms with Crippen LogP contribution in [-0.4, -0.2) is 9.32 Å². The van der Waals surface area contributed by atoms with Crippen LogP contribution in [-0.2, 0) is 11.0 Å². The lowest BCUT2D eigenvalue weighted by Gasteiger charge is -2.04. The van der Waals surface area contributed by atoms with Crippen molar-refractivity contribution in [3.63, 3.8) is 0 Å². The Balaban J connectivity index is 2.54. The number of nitrogens with two attached hydrogens (primary N) is 1. The highest BCUT2D eigenvalue weighted by atomic mass is 32.2. The first-order valence-electron chi connectivity index (χ1n) is 3.48. The normalized spacial score (nSPS) is 12.0. The number of rotatable bonds is 3. The first-order chi connectivity index (χ1) is 6.20. The third kappa shape index (κ3) is 3.49. The van der Waals surface area contributed by atoms with E-state index in [0.717, 1.165) is 0 Å². The maximum absolute atomic E-state index is 11.4. The third-order valence-electron chi connectivity index (χ3n) is 1.22. The molecule has 0 bridgehead atoms. The molecule has 4 nitrogen and oxygen atoms in total. The van der Waals surface area contributed by atoms with Gasteiger partial charge in [-0.2, -0.15) is 0 Å². The van der Waals surface area contributed by atoms with Crippen molar-refractivity contribution >= 4 is 28.3 Å². The molecule has 0 aliphatic carbocycles. The van der Waals surface area contributed by atoms with Crippen molar-refractivity contribution in [2.45, 2.75) is 4.90 Å². The molecule has 0 heterocycles. The smallest absolute Gasteiger partial charge is 0.178 e. The van der Waals surface area contributed by atoms with E-state index in [1.54, 1.807) is 24.3 Å². The molecule has 0 amide bonds. The maximum Gasteiger partial charge on any atom is 0.178 e. The second kappa shape index (κ2) is 4.90. The van der Waals surface area contributed by atoms with Crippen LogP contribution in [0.25, 0.3) is 0 Å². The number of hydrogen-bond donors (Lipinski definition) is 3. The summed E-state index contributed by atoms with van der Waals surface area (Å²) in [5.74, 6) is 0. The minimum absolute atomic E-state index is 0.0595. The lowest BCUT2D eigenvalue weighted by Crippen LogP contribution is -2.41. The van der Waals surface area contributed by atoms with Crippen LogP contribution in [0.15, 0.2) is 35.2 Å². The zero-order chi connectivity index (χ0) is 9.68. The van der Waals surface area contributed by atoms with Crippen LogP contribution in [0.4, 0.5) is 0 Å². The molecule has 0 aliphatic rings. The molecule has 4 N–H and O–H groups in total. The van der Waals surface area contributed by atoms with Gasteiger partial charge in [-0.25, -0.2) is 4.21 Å². The lowest BCUT2D eigenvalue weighted by molar-refractivity contribution is 0.668. The summed E-state index contributed by atoms with van der Waals surface area (Å²) < 4.78 is 11.4. The van der Waals surface area contributed by atoms with Gasteiger partial charge in [-0.15, -0.1) is 4.83 Å². The predicted molar refractivity (Wildman–Crippen MR) is 55.9 cm³/mol. The van der Waals surface area contributed by atoms with E-state index in [0.29, 0.717) is 4.90 Å². The second-order valence-electron chi connectivity index (χ2n) is 2.17. The van der Waals surface area contributed by atoms with Gasteiger partial charge < -0.3 is 5.73 Å². The van der Waals surface area contributed by atoms with Gasteiger partial charge in [0.2, 0.25) is 0 Å². The van der Waals surface area contributed by atoms with Crippen molar-refractivity contribution in [2.75, 3.05) is 0 Å². The Kier molecular flexibility index (Phi) is 3.81. The summed E-state index contributed by atoms with van der Waals surface area (Å²) in [6.45, 7) is 0. The Morgan fingerprint density at radius 1 is 1.38 bits per heavy atom. The van der Waals surface area contributed by atoms with Crippen molar-refractivity contribution in [3.05, 3.63) is 30.3 Å². The van der Waals surface area contributed by atoms with Crippen LogP contribution in [0.5, 0.6) is 0 Å². The van der Waals surface area contributed by atoms with E-state index < -0.39 is 11.0 Å². The van der Waals surface area contributed by atoms with E-state index in [4.69, 9.17) is 5.73 Å². The Labute approximate surface area is 84.1 Å². The van der Waals surface area contributed by atoms with E-state index in [2.05, 4.69) is 22.5 Å². The Bertz CT molecular complexity index is 315. The Morgan fingerprint density at radius 2 is 2.00 bits per heavy atom. The van der Waals surface area contributed by atoms with E-state index in [1.165, 1.54) is 0 Å². The molecular weight excluding hydrogens is 206 g/mol. The topological polar surface area (TPSA) is 67.2 Å². The van der Waals surface area contributed by atoms with Crippen molar-refractivity contribution in [3.8, 4) is 0 Å². The van der Waals surface area contributed by atoms with E-state index in [1.807, 2.05) is 6.07 Å². The average molecular weight is 215 g/mol. The zero-order valence-electron chi connectivity index (χ0n) is 6.69. The van der Waals surface area contributed by atoms with Crippen molar-refractivity contribution < 1.29 is 4.21 Å². The molecule has 0 spiro atoms. The molecule has 0 saturated carbocycles. The molecular formula is C7H9N3OS2. The number of hydrogen-bond acceptors (Lipinski definition) is 2. The van der Waals surface area contributed by atoms with E-state index in [-0.39, 0.29) is 5.11 Å². The van der Waals surface area contributed by atoms with E-state index >= 15 is 0 Å². The van der Waals surface area contributed by atoms with Crippen LogP contribution in [0.1, 0.15) is 0 Å². The van der Waals surface area contributed by atoms with Gasteiger partial charge in [0, 0.05) is 0 Å². The maximum atomic E-state index is 11.4. The largest absolute Gasteiger partial charge is 0.375 e. The summed E-state index contributed by atoms with van der Waals surface area (Å²) in [7, 11) is -1.33. The Morgan fingerprint density at radius 3 is 2.54 bits per heavy atom. The molecule has 1 atom stereocenters. The molecule has 0 saturated heterocycles. The molecule has 0 aromatic heterocycles. The molecule has 1 aromatic rings. The van der Waals surface area contributed by atoms with Gasteiger partial charge in [-0.05, 0) is 24.4 Å². The van der Waals surface area contributed by atoms with Crippen molar-refractivity contribution in [2.24, 2.45) is 5.73 Å². The van der Waals surface area contributed by atoms with Gasteiger partial charge in [0.25, 0.3) is 0 Å². The molecule has 1 rings (SSSR count). The number of hydrazine groups is 1. The number of benzene rings is 1. The monoisotopic (exact) mass is 215 g/mol. The molecule has 0 aliphatic heterocycles. The molecule has 1 aromatic carbocycles. The standard InChI is InChI=1S/C7H9N3OS2/c8-7(12)9-10-13(11)6-4-2-1-3-5-6/h1-5,10H,(H3,8,9,12). The molecule has 0 radical (unpaired) electrons. The minimum atomic E-state index is -1.33. The Hall–Kier alpha value is -0.980. The van der Waals surface area contributed by atoms with Crippen LogP contribution in [0.2, 0.25) is 0 Å². The van der Waals surface area contributed by atoms with Gasteiger partial charge in [0.1, 0.15) is 11.0 Å². The predicted octanol–water partition coefficient (Wildman–Crippen LogP) is 0.0470. The zero-order valence-corrected chi connectivity index (χ0v) is 8.32. The summed E-state index contributed by atoms with van der Waals surface area (Å²) in [4.78, 5) is 3.11. The van der Waals surface area contributed by atoms with Gasteiger partial charge >= 0.3 is 0 Å². The fraction of sp³-hybridized carbons (Fsp3) is 0. The fourth-order valence-electron chi connectivity index (χ4n) is 0.700. The SMILES string of the molecule is NC(=S)NNS(=O)c1ccccc1. The van der Waals surface area contributed by atoms with Gasteiger partial charge in [0.05, 0.1) is 4.90 Å². The molecule has 70 valence electrons. The van der Waals surface area contributed by atoms with E-state index in [9.17, 15) is 4.21 Å². The minimum Gasteiger partial charge on any atom is -0.375 e. The molecule has 1 unspecified atom stereocenters. The van der Waals surface area contributed by atoms with Crippen LogP contribution in [0.3, 0.4) is 0 Å². The third-order valence-corrected chi connectivity index (χ3v) is 2.31. The number of nitrogens with one attached hydrogen (secondary N) is 2. The van der Waals surface area contributed by atoms with Crippen molar-refractivity contribution in [1.82, 2.24) is 10.3 Å². The molecule has 0 fully saturated rings. The average Bonchev–Trinajstić information content (AvgIpc) is 2.15. The highest BCUT2D eigenvalue weighted by molar-refractivity contribution is 7.83. The highest BCUT2D eigenvalue weighted by Crippen LogP contribution is 2.01. The fourth-order valence-corrected chi connectivity index (χ4v) is 1.54.